The first-order chi connectivity index (χ1) is 6.66. The van der Waals surface area contributed by atoms with E-state index in [1.54, 1.807) is 0 Å². The van der Waals surface area contributed by atoms with Crippen molar-refractivity contribution in [2.24, 2.45) is 11.7 Å². The predicted octanol–water partition coefficient (Wildman–Crippen LogP) is 1.49. The van der Waals surface area contributed by atoms with Crippen molar-refractivity contribution in [3.63, 3.8) is 0 Å². The Morgan fingerprint density at radius 1 is 1.64 bits per heavy atom. The Bertz CT molecular complexity index is 322. The molecule has 1 aromatic heterocycles. The van der Waals surface area contributed by atoms with Crippen molar-refractivity contribution in [1.29, 1.82) is 0 Å². The number of hydrogen-bond donors (Lipinski definition) is 1. The molecule has 1 aliphatic carbocycles. The van der Waals surface area contributed by atoms with Gasteiger partial charge in [0, 0.05) is 30.3 Å². The van der Waals surface area contributed by atoms with Gasteiger partial charge in [0.25, 0.3) is 0 Å². The second kappa shape index (κ2) is 3.65. The molecule has 0 aliphatic heterocycles. The van der Waals surface area contributed by atoms with Gasteiger partial charge >= 0.3 is 0 Å². The van der Waals surface area contributed by atoms with Crippen LogP contribution in [0.15, 0.2) is 12.3 Å². The molecule has 3 heteroatoms. The number of nitrogens with two attached hydrogens (primary N) is 1. The fourth-order valence-electron chi connectivity index (χ4n) is 1.72. The van der Waals surface area contributed by atoms with Crippen LogP contribution in [-0.2, 0) is 6.42 Å². The van der Waals surface area contributed by atoms with E-state index >= 15 is 0 Å². The van der Waals surface area contributed by atoms with Crippen LogP contribution in [0.1, 0.15) is 37.7 Å². The molecule has 3 atom stereocenters. The van der Waals surface area contributed by atoms with E-state index in [1.165, 1.54) is 6.42 Å². The van der Waals surface area contributed by atoms with Gasteiger partial charge in [0.2, 0.25) is 0 Å². The summed E-state index contributed by atoms with van der Waals surface area (Å²) in [5, 5.41) is 0. The minimum atomic E-state index is 0.175. The zero-order valence-electron chi connectivity index (χ0n) is 8.77. The van der Waals surface area contributed by atoms with Crippen molar-refractivity contribution < 1.29 is 0 Å². The monoisotopic (exact) mass is 191 g/mol. The van der Waals surface area contributed by atoms with E-state index < -0.39 is 0 Å². The summed E-state index contributed by atoms with van der Waals surface area (Å²) in [7, 11) is 0. The lowest BCUT2D eigenvalue weighted by molar-refractivity contribution is 0.708. The molecular formula is C11H17N3. The van der Waals surface area contributed by atoms with Gasteiger partial charge in [-0.1, -0.05) is 6.92 Å². The van der Waals surface area contributed by atoms with Gasteiger partial charge in [-0.15, -0.1) is 0 Å². The molecule has 0 saturated heterocycles. The van der Waals surface area contributed by atoms with Gasteiger partial charge in [0.15, 0.2) is 0 Å². The average molecular weight is 191 g/mol. The van der Waals surface area contributed by atoms with Crippen LogP contribution in [0.5, 0.6) is 0 Å². The maximum absolute atomic E-state index is 5.73. The van der Waals surface area contributed by atoms with Gasteiger partial charge in [-0.25, -0.2) is 9.97 Å². The third-order valence-electron chi connectivity index (χ3n) is 2.70. The Kier molecular flexibility index (Phi) is 2.50. The highest BCUT2D eigenvalue weighted by Crippen LogP contribution is 2.45. The van der Waals surface area contributed by atoms with E-state index in [-0.39, 0.29) is 6.04 Å². The molecule has 1 fully saturated rings. The molecule has 1 aliphatic rings. The Morgan fingerprint density at radius 2 is 2.36 bits per heavy atom. The van der Waals surface area contributed by atoms with Gasteiger partial charge < -0.3 is 5.73 Å². The topological polar surface area (TPSA) is 51.8 Å². The molecule has 0 amide bonds. The molecule has 1 aromatic rings. The van der Waals surface area contributed by atoms with E-state index in [0.717, 1.165) is 23.9 Å². The first kappa shape index (κ1) is 9.59. The van der Waals surface area contributed by atoms with E-state index in [4.69, 9.17) is 5.73 Å². The second-order valence-electron chi connectivity index (χ2n) is 4.41. The fourth-order valence-corrected chi connectivity index (χ4v) is 1.72. The molecule has 0 spiro atoms. The summed E-state index contributed by atoms with van der Waals surface area (Å²) in [6.07, 6.45) is 3.93. The molecule has 2 rings (SSSR count). The van der Waals surface area contributed by atoms with Gasteiger partial charge in [-0.2, -0.15) is 0 Å². The highest BCUT2D eigenvalue weighted by Gasteiger charge is 2.36. The summed E-state index contributed by atoms with van der Waals surface area (Å²) < 4.78 is 0. The van der Waals surface area contributed by atoms with E-state index in [1.807, 2.05) is 19.2 Å². The Balaban J connectivity index is 2.11. The summed E-state index contributed by atoms with van der Waals surface area (Å²) in [5.41, 5.74) is 6.81. The first-order valence-corrected chi connectivity index (χ1v) is 5.24. The minimum Gasteiger partial charge on any atom is -0.328 e. The molecule has 14 heavy (non-hydrogen) atoms. The molecule has 76 valence electrons. The molecule has 3 nitrogen and oxygen atoms in total. The number of aromatic nitrogens is 2. The summed E-state index contributed by atoms with van der Waals surface area (Å²) in [6.45, 7) is 4.24. The normalized spacial score (nSPS) is 27.4. The molecule has 1 saturated carbocycles. The van der Waals surface area contributed by atoms with Crippen molar-refractivity contribution in [2.75, 3.05) is 0 Å². The smallest absolute Gasteiger partial charge is 0.131 e. The van der Waals surface area contributed by atoms with Crippen molar-refractivity contribution in [3.05, 3.63) is 23.8 Å². The van der Waals surface area contributed by atoms with Crippen LogP contribution in [-0.4, -0.2) is 16.0 Å². The highest BCUT2D eigenvalue weighted by atomic mass is 14.9. The van der Waals surface area contributed by atoms with Crippen molar-refractivity contribution >= 4 is 0 Å². The molecule has 0 aromatic carbocycles. The summed E-state index contributed by atoms with van der Waals surface area (Å²) in [6, 6.07) is 2.13. The largest absolute Gasteiger partial charge is 0.328 e. The summed E-state index contributed by atoms with van der Waals surface area (Å²) >= 11 is 0. The quantitative estimate of drug-likeness (QED) is 0.787. The maximum Gasteiger partial charge on any atom is 0.131 e. The third-order valence-corrected chi connectivity index (χ3v) is 2.70. The van der Waals surface area contributed by atoms with Crippen LogP contribution >= 0.6 is 0 Å². The van der Waals surface area contributed by atoms with Crippen LogP contribution in [0.25, 0.3) is 0 Å². The Labute approximate surface area is 84.8 Å². The second-order valence-corrected chi connectivity index (χ2v) is 4.41. The highest BCUT2D eigenvalue weighted by molar-refractivity contribution is 5.12. The summed E-state index contributed by atoms with van der Waals surface area (Å²) in [5.74, 6) is 2.37. The molecular weight excluding hydrogens is 174 g/mol. The summed E-state index contributed by atoms with van der Waals surface area (Å²) in [4.78, 5) is 8.84. The zero-order valence-corrected chi connectivity index (χ0v) is 8.77. The molecule has 3 unspecified atom stereocenters. The maximum atomic E-state index is 5.73. The fraction of sp³-hybridized carbons (Fsp3) is 0.636. The number of hydrogen-bond acceptors (Lipinski definition) is 3. The lowest BCUT2D eigenvalue weighted by atomic mass is 10.2. The van der Waals surface area contributed by atoms with Crippen molar-refractivity contribution in [1.82, 2.24) is 9.97 Å². The van der Waals surface area contributed by atoms with E-state index in [2.05, 4.69) is 16.9 Å². The lowest BCUT2D eigenvalue weighted by Gasteiger charge is -2.05. The van der Waals surface area contributed by atoms with Gasteiger partial charge in [-0.3, -0.25) is 0 Å². The van der Waals surface area contributed by atoms with Gasteiger partial charge in [0.1, 0.15) is 5.82 Å². The standard InChI is InChI=1S/C11H17N3/c1-7-5-10(7)11-13-4-3-9(14-11)6-8(2)12/h3-4,7-8,10H,5-6,12H2,1-2H3. The lowest BCUT2D eigenvalue weighted by Crippen LogP contribution is -2.18. The van der Waals surface area contributed by atoms with Gasteiger partial charge in [-0.05, 0) is 25.3 Å². The van der Waals surface area contributed by atoms with Gasteiger partial charge in [0.05, 0.1) is 0 Å². The van der Waals surface area contributed by atoms with E-state index in [0.29, 0.717) is 5.92 Å². The van der Waals surface area contributed by atoms with Crippen molar-refractivity contribution in [2.45, 2.75) is 38.6 Å². The van der Waals surface area contributed by atoms with Crippen LogP contribution in [0.2, 0.25) is 0 Å². The zero-order chi connectivity index (χ0) is 10.1. The minimum absolute atomic E-state index is 0.175. The van der Waals surface area contributed by atoms with Crippen LogP contribution in [0.3, 0.4) is 0 Å². The predicted molar refractivity (Wildman–Crippen MR) is 55.9 cm³/mol. The Hall–Kier alpha value is -0.960. The molecule has 0 radical (unpaired) electrons. The van der Waals surface area contributed by atoms with E-state index in [9.17, 15) is 0 Å². The molecule has 1 heterocycles. The first-order valence-electron chi connectivity index (χ1n) is 5.24. The third kappa shape index (κ3) is 2.10. The average Bonchev–Trinajstić information content (AvgIpc) is 2.82. The molecule has 0 bridgehead atoms. The van der Waals surface area contributed by atoms with Crippen LogP contribution < -0.4 is 5.73 Å². The van der Waals surface area contributed by atoms with Crippen LogP contribution in [0.4, 0.5) is 0 Å². The Morgan fingerprint density at radius 3 is 2.93 bits per heavy atom. The SMILES string of the molecule is CC(N)Cc1ccnc(C2CC2C)n1. The van der Waals surface area contributed by atoms with Crippen molar-refractivity contribution in [3.8, 4) is 0 Å². The number of nitrogens with zero attached hydrogens (tertiary/aromatic N) is 2. The van der Waals surface area contributed by atoms with Crippen LogP contribution in [0, 0.1) is 5.92 Å². The number of rotatable bonds is 3. The molecule has 2 N–H and O–H groups in total.